The van der Waals surface area contributed by atoms with E-state index in [1.54, 1.807) is 0 Å². The Hall–Kier alpha value is 2.18. The van der Waals surface area contributed by atoms with Gasteiger partial charge in [0, 0.05) is 17.1 Å². The Morgan fingerprint density at radius 3 is 1.50 bits per heavy atom. The zero-order valence-corrected chi connectivity index (χ0v) is 10.7. The molecule has 0 aromatic carbocycles. The van der Waals surface area contributed by atoms with E-state index < -0.39 is 5.40 Å². The molecule has 0 saturated heterocycles. The van der Waals surface area contributed by atoms with Crippen molar-refractivity contribution in [2.24, 2.45) is 0 Å². The second-order valence-corrected chi connectivity index (χ2v) is 11.8. The molecule has 2 nitrogen and oxygen atoms in total. The second-order valence-electron chi connectivity index (χ2n) is 0.803. The number of hydrogen-bond acceptors (Lipinski definition) is 1. The zero-order valence-electron chi connectivity index (χ0n) is 3.29. The Morgan fingerprint density at radius 2 is 1.50 bits per heavy atom. The van der Waals surface area contributed by atoms with Crippen LogP contribution in [0, 0.1) is 0 Å². The van der Waals surface area contributed by atoms with Gasteiger partial charge in [-0.05, 0) is 67.8 Å². The van der Waals surface area contributed by atoms with Gasteiger partial charge in [0.05, 0.1) is 0 Å². The number of alkyl halides is 3. The maximum atomic E-state index is 10.00. The maximum Gasteiger partial charge on any atom is 0.339 e. The first-order valence-electron chi connectivity index (χ1n) is 1.24. The second kappa shape index (κ2) is 4.91. The standard InChI is InChI=1S/C2HI3O2.Cu/c3-2(4,5)1(6)7;/h(H,6,7);. The van der Waals surface area contributed by atoms with Gasteiger partial charge in [0.25, 0.3) is 0 Å². The van der Waals surface area contributed by atoms with Gasteiger partial charge >= 0.3 is 5.97 Å². The summed E-state index contributed by atoms with van der Waals surface area (Å²) in [7, 11) is 0. The van der Waals surface area contributed by atoms with Crippen LogP contribution in [-0.2, 0) is 21.9 Å². The normalized spacial score (nSPS) is 9.88. The predicted octanol–water partition coefficient (Wildman–Crippen LogP) is 2.03. The number of carbonyl (C=O) groups is 1. The third kappa shape index (κ3) is 6.30. The van der Waals surface area contributed by atoms with Crippen LogP contribution in [0.15, 0.2) is 0 Å². The van der Waals surface area contributed by atoms with Crippen molar-refractivity contribution in [3.63, 3.8) is 0 Å². The van der Waals surface area contributed by atoms with Gasteiger partial charge in [0.2, 0.25) is -0.565 Å². The molecule has 0 heterocycles. The molecular weight excluding hydrogens is 500 g/mol. The molecule has 0 aliphatic rings. The van der Waals surface area contributed by atoms with Crippen molar-refractivity contribution in [1.82, 2.24) is 0 Å². The molecule has 0 aliphatic carbocycles. The van der Waals surface area contributed by atoms with E-state index in [-0.39, 0.29) is 17.1 Å². The predicted molar refractivity (Wildman–Crippen MR) is 52.4 cm³/mol. The van der Waals surface area contributed by atoms with E-state index >= 15 is 0 Å². The minimum atomic E-state index is -0.797. The Labute approximate surface area is 98.4 Å². The molecule has 0 saturated carbocycles. The van der Waals surface area contributed by atoms with Crippen LogP contribution in [0.2, 0.25) is 0 Å². The van der Waals surface area contributed by atoms with E-state index in [0.29, 0.717) is 0 Å². The van der Waals surface area contributed by atoms with Crippen LogP contribution in [0.5, 0.6) is 0 Å². The van der Waals surface area contributed by atoms with E-state index in [1.807, 2.05) is 67.8 Å². The van der Waals surface area contributed by atoms with Gasteiger partial charge in [-0.15, -0.1) is 0 Å². The average molecular weight is 501 g/mol. The first-order chi connectivity index (χ1) is 2.94. The molecule has 0 aromatic heterocycles. The van der Waals surface area contributed by atoms with Gasteiger partial charge in [-0.1, -0.05) is 0 Å². The topological polar surface area (TPSA) is 37.3 Å². The number of rotatable bonds is 1. The molecule has 0 spiro atoms. The number of hydrogen-bond donors (Lipinski definition) is 1. The van der Waals surface area contributed by atoms with Gasteiger partial charge in [-0.3, -0.25) is 0 Å². The molecule has 0 atom stereocenters. The van der Waals surface area contributed by atoms with Crippen molar-refractivity contribution >= 4 is 73.7 Å². The van der Waals surface area contributed by atoms with Crippen LogP contribution in [0.1, 0.15) is 0 Å². The number of aliphatic carboxylic acids is 1. The minimum absolute atomic E-state index is 0. The van der Waals surface area contributed by atoms with Gasteiger partial charge in [-0.2, -0.15) is 0 Å². The van der Waals surface area contributed by atoms with Crippen molar-refractivity contribution < 1.29 is 27.0 Å². The fourth-order valence-electron chi connectivity index (χ4n) is 0. The number of halogens is 3. The molecule has 53 valence electrons. The quantitative estimate of drug-likeness (QED) is 0.340. The summed E-state index contributed by atoms with van der Waals surface area (Å²) in [4.78, 5) is 10.00. The molecule has 1 radical (unpaired) electrons. The summed E-state index contributed by atoms with van der Waals surface area (Å²) in [5.74, 6) is -0.797. The summed E-state index contributed by atoms with van der Waals surface area (Å²) in [6, 6.07) is 0. The molecule has 0 aliphatic heterocycles. The summed E-state index contributed by atoms with van der Waals surface area (Å²) in [5.41, 5.74) is 0. The summed E-state index contributed by atoms with van der Waals surface area (Å²) in [6.07, 6.45) is 0. The van der Waals surface area contributed by atoms with Gasteiger partial charge in [-0.25, -0.2) is 4.79 Å². The first-order valence-corrected chi connectivity index (χ1v) is 4.48. The minimum Gasteiger partial charge on any atom is -0.479 e. The Balaban J connectivity index is 0. The number of carboxylic acids is 1. The molecule has 0 unspecified atom stereocenters. The Bertz CT molecular complexity index is 87.8. The zero-order chi connectivity index (χ0) is 6.08. The van der Waals surface area contributed by atoms with Crippen molar-refractivity contribution in [2.75, 3.05) is 0 Å². The monoisotopic (exact) mass is 501 g/mol. The van der Waals surface area contributed by atoms with E-state index in [2.05, 4.69) is 0 Å². The fraction of sp³-hybridized carbons (Fsp3) is 0.500. The molecule has 0 amide bonds. The van der Waals surface area contributed by atoms with E-state index in [0.717, 1.165) is 0 Å². The molecule has 6 heteroatoms. The molecule has 0 aromatic rings. The van der Waals surface area contributed by atoms with Crippen molar-refractivity contribution in [3.8, 4) is 0 Å². The largest absolute Gasteiger partial charge is 0.479 e. The van der Waals surface area contributed by atoms with Crippen LogP contribution in [0.4, 0.5) is 0 Å². The van der Waals surface area contributed by atoms with E-state index in [9.17, 15) is 4.79 Å². The van der Waals surface area contributed by atoms with Crippen LogP contribution < -0.4 is 0 Å². The van der Waals surface area contributed by atoms with Gasteiger partial charge in [0.15, 0.2) is 0 Å². The molecule has 1 N–H and O–H groups in total. The smallest absolute Gasteiger partial charge is 0.339 e. The van der Waals surface area contributed by atoms with Crippen LogP contribution >= 0.6 is 67.8 Å². The maximum absolute atomic E-state index is 10.00. The van der Waals surface area contributed by atoms with Crippen LogP contribution in [-0.4, -0.2) is 10.5 Å². The summed E-state index contributed by atoms with van der Waals surface area (Å²) < 4.78 is -0.673. The molecule has 0 rings (SSSR count). The SMILES string of the molecule is O=C(O)C(I)(I)I.[Cu]. The summed E-state index contributed by atoms with van der Waals surface area (Å²) in [6.45, 7) is 0. The van der Waals surface area contributed by atoms with Crippen molar-refractivity contribution in [1.29, 1.82) is 0 Å². The Kier molecular flexibility index (Phi) is 7.87. The third-order valence-electron chi connectivity index (χ3n) is 0.243. The Morgan fingerprint density at radius 1 is 1.38 bits per heavy atom. The summed E-state index contributed by atoms with van der Waals surface area (Å²) in [5, 5.41) is 8.23. The molecular formula is C2HCuI3O2. The third-order valence-corrected chi connectivity index (χ3v) is 1.63. The first kappa shape index (κ1) is 12.8. The summed E-state index contributed by atoms with van der Waals surface area (Å²) >= 11 is 5.52. The van der Waals surface area contributed by atoms with Crippen molar-refractivity contribution in [3.05, 3.63) is 0 Å². The van der Waals surface area contributed by atoms with Gasteiger partial charge in [0.1, 0.15) is 0 Å². The van der Waals surface area contributed by atoms with Gasteiger partial charge < -0.3 is 5.11 Å². The average Bonchev–Trinajstić information content (AvgIpc) is 1.31. The van der Waals surface area contributed by atoms with Crippen molar-refractivity contribution in [2.45, 2.75) is -0.565 Å². The van der Waals surface area contributed by atoms with E-state index in [1.165, 1.54) is 0 Å². The molecule has 0 bridgehead atoms. The molecule has 8 heavy (non-hydrogen) atoms. The molecule has 0 fully saturated rings. The fourth-order valence-corrected chi connectivity index (χ4v) is 0. The number of carboxylic acid groups (broad SMARTS) is 1. The van der Waals surface area contributed by atoms with Crippen LogP contribution in [0.25, 0.3) is 0 Å². The van der Waals surface area contributed by atoms with E-state index in [4.69, 9.17) is 5.11 Å². The van der Waals surface area contributed by atoms with Crippen LogP contribution in [0.3, 0.4) is 0 Å².